The highest BCUT2D eigenvalue weighted by atomic mass is 32.2. The van der Waals surface area contributed by atoms with E-state index in [1.807, 2.05) is 41.9 Å². The van der Waals surface area contributed by atoms with Crippen LogP contribution < -0.4 is 4.90 Å². The van der Waals surface area contributed by atoms with Gasteiger partial charge in [0.1, 0.15) is 5.60 Å². The van der Waals surface area contributed by atoms with E-state index in [-0.39, 0.29) is 17.8 Å². The van der Waals surface area contributed by atoms with Gasteiger partial charge in [0.2, 0.25) is 0 Å². The maximum atomic E-state index is 14.3. The van der Waals surface area contributed by atoms with Crippen molar-refractivity contribution >= 4 is 46.3 Å². The van der Waals surface area contributed by atoms with Gasteiger partial charge >= 0.3 is 12.1 Å². The van der Waals surface area contributed by atoms with Crippen LogP contribution >= 0.6 is 11.8 Å². The highest BCUT2D eigenvalue weighted by molar-refractivity contribution is 7.99. The van der Waals surface area contributed by atoms with Gasteiger partial charge in [-0.15, -0.1) is 11.8 Å². The first-order chi connectivity index (χ1) is 20.7. The average molecular weight is 623 g/mol. The van der Waals surface area contributed by atoms with E-state index in [9.17, 15) is 14.4 Å². The molecule has 2 amide bonds. The molecule has 0 saturated heterocycles. The van der Waals surface area contributed by atoms with Gasteiger partial charge in [-0.1, -0.05) is 72.1 Å². The number of imide groups is 1. The Morgan fingerprint density at radius 1 is 0.977 bits per heavy atom. The smallest absolute Gasteiger partial charge is 0.422 e. The number of aromatic nitrogens is 1. The third-order valence-corrected chi connectivity index (χ3v) is 8.62. The van der Waals surface area contributed by atoms with Gasteiger partial charge in [-0.2, -0.15) is 0 Å². The molecule has 44 heavy (non-hydrogen) atoms. The minimum atomic E-state index is -0.789. The van der Waals surface area contributed by atoms with Crippen LogP contribution in [0, 0.1) is 5.92 Å². The molecule has 0 saturated carbocycles. The van der Waals surface area contributed by atoms with Crippen LogP contribution in [0.3, 0.4) is 0 Å². The highest BCUT2D eigenvalue weighted by Gasteiger charge is 2.32. The number of amides is 2. The van der Waals surface area contributed by atoms with Crippen LogP contribution in [0.5, 0.6) is 0 Å². The number of nitrogens with zero attached hydrogens (tertiary/aromatic N) is 2. The maximum Gasteiger partial charge on any atom is 0.422 e. The van der Waals surface area contributed by atoms with Crippen molar-refractivity contribution in [3.05, 3.63) is 59.8 Å². The normalized spacial score (nSPS) is 12.7. The molecular formula is C36H50N2O5S. The first-order valence-electron chi connectivity index (χ1n) is 15.7. The first kappa shape index (κ1) is 35.2. The number of rotatable bonds is 12. The summed E-state index contributed by atoms with van der Waals surface area (Å²) in [5.41, 5.74) is 1.90. The second-order valence-electron chi connectivity index (χ2n) is 13.4. The molecule has 0 radical (unpaired) electrons. The molecule has 0 fully saturated rings. The van der Waals surface area contributed by atoms with Gasteiger partial charge in [-0.05, 0) is 68.4 Å². The van der Waals surface area contributed by atoms with Gasteiger partial charge in [0.05, 0.1) is 24.3 Å². The molecule has 0 bridgehead atoms. The topological polar surface area (TPSA) is 77.8 Å². The molecule has 0 aliphatic rings. The zero-order chi connectivity index (χ0) is 32.7. The molecule has 0 spiro atoms. The van der Waals surface area contributed by atoms with Crippen LogP contribution in [0.4, 0.5) is 10.5 Å². The van der Waals surface area contributed by atoms with E-state index in [2.05, 4.69) is 34.6 Å². The molecule has 3 rings (SSSR count). The number of benzene rings is 2. The summed E-state index contributed by atoms with van der Waals surface area (Å²) in [6, 6.07) is 13.3. The second-order valence-corrected chi connectivity index (χ2v) is 14.6. The van der Waals surface area contributed by atoms with E-state index in [1.165, 1.54) is 11.8 Å². The Hall–Kier alpha value is -3.26. The Balaban J connectivity index is 1.89. The van der Waals surface area contributed by atoms with Crippen molar-refractivity contribution in [2.75, 3.05) is 17.3 Å². The van der Waals surface area contributed by atoms with E-state index < -0.39 is 17.6 Å². The lowest BCUT2D eigenvalue weighted by molar-refractivity contribution is -0.144. The van der Waals surface area contributed by atoms with E-state index in [0.717, 1.165) is 51.9 Å². The molecule has 1 unspecified atom stereocenters. The van der Waals surface area contributed by atoms with Gasteiger partial charge in [-0.25, -0.2) is 9.69 Å². The zero-order valence-corrected chi connectivity index (χ0v) is 28.8. The molecule has 240 valence electrons. The Kier molecular flexibility index (Phi) is 12.1. The van der Waals surface area contributed by atoms with Crippen molar-refractivity contribution < 1.29 is 23.9 Å². The Morgan fingerprint density at radius 2 is 1.66 bits per heavy atom. The summed E-state index contributed by atoms with van der Waals surface area (Å²) in [5.74, 6) is 0.226. The molecule has 7 nitrogen and oxygen atoms in total. The van der Waals surface area contributed by atoms with Crippen molar-refractivity contribution in [2.45, 2.75) is 103 Å². The van der Waals surface area contributed by atoms with Crippen LogP contribution in [-0.2, 0) is 26.7 Å². The Bertz CT molecular complexity index is 1430. The number of carbonyl (C=O) groups excluding carboxylic acids is 3. The molecule has 0 N–H and O–H groups in total. The van der Waals surface area contributed by atoms with Crippen LogP contribution in [0.1, 0.15) is 103 Å². The summed E-state index contributed by atoms with van der Waals surface area (Å²) in [6.07, 6.45) is 5.63. The predicted octanol–water partition coefficient (Wildman–Crippen LogP) is 9.30. The van der Waals surface area contributed by atoms with Crippen LogP contribution in [0.2, 0.25) is 0 Å². The van der Waals surface area contributed by atoms with Gasteiger partial charge < -0.3 is 14.0 Å². The largest absolute Gasteiger partial charge is 0.465 e. The van der Waals surface area contributed by atoms with Gasteiger partial charge in [-0.3, -0.25) is 9.59 Å². The molecular weight excluding hydrogens is 572 g/mol. The lowest BCUT2D eigenvalue weighted by Crippen LogP contribution is -2.41. The molecule has 2 aromatic carbocycles. The lowest BCUT2D eigenvalue weighted by atomic mass is 9.87. The Morgan fingerprint density at radius 3 is 2.25 bits per heavy atom. The summed E-state index contributed by atoms with van der Waals surface area (Å²) in [6.45, 7) is 16.4. The molecule has 0 aliphatic heterocycles. The van der Waals surface area contributed by atoms with Gasteiger partial charge in [0, 0.05) is 34.8 Å². The van der Waals surface area contributed by atoms with Crippen molar-refractivity contribution in [1.29, 1.82) is 0 Å². The summed E-state index contributed by atoms with van der Waals surface area (Å²) in [4.78, 5) is 42.4. The van der Waals surface area contributed by atoms with Crippen molar-refractivity contribution in [1.82, 2.24) is 4.57 Å². The first-order valence-corrected chi connectivity index (χ1v) is 16.7. The molecule has 1 aromatic heterocycles. The number of unbranched alkanes of at least 4 members (excludes halogenated alkanes) is 1. The third-order valence-electron chi connectivity index (χ3n) is 7.56. The van der Waals surface area contributed by atoms with Crippen LogP contribution in [0.25, 0.3) is 10.9 Å². The second kappa shape index (κ2) is 15.2. The SMILES string of the molecule is CCCCC(CC)COC(=O)CCSc1cccc2c1c(C(=O)N(C(=O)OC(C)(C)C)c1ccc(C(C)(C)C)cc1)cn2C. The number of ether oxygens (including phenoxy) is 2. The molecule has 8 heteroatoms. The number of fused-ring (bicyclic) bond motifs is 1. The van der Waals surface area contributed by atoms with Gasteiger partial charge in [0.15, 0.2) is 0 Å². The molecule has 3 aromatic rings. The summed E-state index contributed by atoms with van der Waals surface area (Å²) in [5, 5.41) is 0.740. The van der Waals surface area contributed by atoms with E-state index in [4.69, 9.17) is 9.47 Å². The fourth-order valence-corrected chi connectivity index (χ4v) is 5.99. The zero-order valence-electron chi connectivity index (χ0n) is 28.0. The number of esters is 1. The predicted molar refractivity (Wildman–Crippen MR) is 181 cm³/mol. The van der Waals surface area contributed by atoms with Crippen LogP contribution in [0.15, 0.2) is 53.6 Å². The van der Waals surface area contributed by atoms with Crippen molar-refractivity contribution in [3.8, 4) is 0 Å². The average Bonchev–Trinajstić information content (AvgIpc) is 3.29. The van der Waals surface area contributed by atoms with E-state index >= 15 is 0 Å². The number of aryl methyl sites for hydroxylation is 1. The van der Waals surface area contributed by atoms with Crippen LogP contribution in [-0.4, -0.2) is 40.5 Å². The van der Waals surface area contributed by atoms with Crippen molar-refractivity contribution in [3.63, 3.8) is 0 Å². The van der Waals surface area contributed by atoms with E-state index in [0.29, 0.717) is 29.5 Å². The number of anilines is 1. The minimum Gasteiger partial charge on any atom is -0.465 e. The lowest BCUT2D eigenvalue weighted by Gasteiger charge is -2.27. The standard InChI is InChI=1S/C36H50N2O5S/c1-10-12-14-25(11-2)24-42-31(39)21-22-44-30-16-13-15-29-32(30)28(23-37(29)9)33(40)38(34(41)43-36(6,7)8)27-19-17-26(18-20-27)35(3,4)5/h13,15-20,23,25H,10-12,14,21-22,24H2,1-9H3. The number of thioether (sulfide) groups is 1. The Labute approximate surface area is 267 Å². The van der Waals surface area contributed by atoms with Crippen molar-refractivity contribution in [2.24, 2.45) is 13.0 Å². The maximum absolute atomic E-state index is 14.3. The highest BCUT2D eigenvalue weighted by Crippen LogP contribution is 2.34. The molecule has 0 aliphatic carbocycles. The van der Waals surface area contributed by atoms with E-state index in [1.54, 1.807) is 39.1 Å². The third kappa shape index (κ3) is 9.37. The summed E-state index contributed by atoms with van der Waals surface area (Å²) in [7, 11) is 1.88. The molecule has 1 atom stereocenters. The summed E-state index contributed by atoms with van der Waals surface area (Å²) >= 11 is 1.51. The number of carbonyl (C=O) groups is 3. The van der Waals surface area contributed by atoms with Gasteiger partial charge in [0.25, 0.3) is 5.91 Å². The number of hydrogen-bond donors (Lipinski definition) is 0. The fraction of sp³-hybridized carbons (Fsp3) is 0.528. The monoisotopic (exact) mass is 622 g/mol. The number of hydrogen-bond acceptors (Lipinski definition) is 6. The quantitative estimate of drug-likeness (QED) is 0.148. The fourth-order valence-electron chi connectivity index (χ4n) is 4.96. The molecule has 1 heterocycles. The summed E-state index contributed by atoms with van der Waals surface area (Å²) < 4.78 is 13.2. The minimum absolute atomic E-state index is 0.0831.